The molecule has 0 spiro atoms. The fraction of sp³-hybridized carbons (Fsp3) is 0.933. The molecule has 0 radical (unpaired) electrons. The first kappa shape index (κ1) is 19.9. The van der Waals surface area contributed by atoms with Crippen LogP contribution in [0.15, 0.2) is 0 Å². The zero-order chi connectivity index (χ0) is 15.2. The summed E-state index contributed by atoms with van der Waals surface area (Å²) in [6, 6.07) is 0. The molecule has 0 aromatic heterocycles. The van der Waals surface area contributed by atoms with Gasteiger partial charge in [0.15, 0.2) is 0 Å². The summed E-state index contributed by atoms with van der Waals surface area (Å²) >= 11 is 1.90. The van der Waals surface area contributed by atoms with Crippen LogP contribution in [0.4, 0.5) is 0 Å². The minimum Gasteiger partial charge on any atom is -0.379 e. The van der Waals surface area contributed by atoms with E-state index in [1.807, 2.05) is 25.6 Å². The third kappa shape index (κ3) is 14.3. The van der Waals surface area contributed by atoms with Gasteiger partial charge in [0.2, 0.25) is 0 Å². The zero-order valence-corrected chi connectivity index (χ0v) is 14.2. The lowest BCUT2D eigenvalue weighted by Gasteiger charge is -2.08. The Balaban J connectivity index is 3.08. The van der Waals surface area contributed by atoms with Gasteiger partial charge in [-0.05, 0) is 5.25 Å². The van der Waals surface area contributed by atoms with Gasteiger partial charge in [-0.15, -0.1) is 0 Å². The van der Waals surface area contributed by atoms with E-state index < -0.39 is 0 Å². The molecule has 0 aliphatic carbocycles. The van der Waals surface area contributed by atoms with Crippen LogP contribution < -0.4 is 0 Å². The van der Waals surface area contributed by atoms with E-state index in [1.54, 1.807) is 0 Å². The predicted octanol–water partition coefficient (Wildman–Crippen LogP) is 2.79. The Kier molecular flexibility index (Phi) is 13.8. The van der Waals surface area contributed by atoms with Crippen LogP contribution in [0.2, 0.25) is 0 Å². The summed E-state index contributed by atoms with van der Waals surface area (Å²) in [6.45, 7) is 11.8. The van der Waals surface area contributed by atoms with Crippen LogP contribution in [-0.4, -0.2) is 56.4 Å². The topological polar surface area (TPSA) is 44.8 Å². The molecular weight excluding hydrogens is 276 g/mol. The summed E-state index contributed by atoms with van der Waals surface area (Å²) in [6.07, 6.45) is 0.494. The average molecular weight is 306 g/mol. The predicted molar refractivity (Wildman–Crippen MR) is 84.5 cm³/mol. The molecule has 0 N–H and O–H groups in total. The smallest absolute Gasteiger partial charge is 0.137 e. The van der Waals surface area contributed by atoms with Crippen LogP contribution in [0.1, 0.15) is 34.1 Å². The van der Waals surface area contributed by atoms with Crippen LogP contribution in [-0.2, 0) is 19.0 Å². The van der Waals surface area contributed by atoms with Crippen LogP contribution in [0.5, 0.6) is 0 Å². The van der Waals surface area contributed by atoms with E-state index in [0.29, 0.717) is 44.7 Å². The van der Waals surface area contributed by atoms with Crippen molar-refractivity contribution in [3.05, 3.63) is 0 Å². The minimum atomic E-state index is 0.0980. The van der Waals surface area contributed by atoms with E-state index in [-0.39, 0.29) is 11.7 Å². The van der Waals surface area contributed by atoms with Gasteiger partial charge in [0.25, 0.3) is 0 Å². The molecule has 4 nitrogen and oxygen atoms in total. The summed E-state index contributed by atoms with van der Waals surface area (Å²) in [5.41, 5.74) is 0. The van der Waals surface area contributed by atoms with Crippen molar-refractivity contribution in [3.8, 4) is 0 Å². The second-order valence-corrected chi connectivity index (χ2v) is 6.81. The number of ketones is 1. The molecule has 0 aromatic carbocycles. The molecule has 0 aliphatic rings. The van der Waals surface area contributed by atoms with Crippen LogP contribution >= 0.6 is 11.8 Å². The Bertz CT molecular complexity index is 232. The number of hydrogen-bond acceptors (Lipinski definition) is 5. The molecule has 0 saturated heterocycles. The van der Waals surface area contributed by atoms with Crippen molar-refractivity contribution in [1.29, 1.82) is 0 Å². The number of carbonyl (C=O) groups excluding carboxylic acids is 1. The molecule has 0 fully saturated rings. The number of thioether (sulfide) groups is 1. The first-order chi connectivity index (χ1) is 9.54. The summed E-state index contributed by atoms with van der Waals surface area (Å²) < 4.78 is 16.1. The maximum absolute atomic E-state index is 11.3. The Hall–Kier alpha value is -0.100. The highest BCUT2D eigenvalue weighted by atomic mass is 32.2. The molecule has 0 aromatic rings. The van der Waals surface area contributed by atoms with E-state index >= 15 is 0 Å². The van der Waals surface area contributed by atoms with Crippen molar-refractivity contribution in [3.63, 3.8) is 0 Å². The van der Waals surface area contributed by atoms with Crippen LogP contribution in [0, 0.1) is 5.92 Å². The van der Waals surface area contributed by atoms with Gasteiger partial charge in [-0.3, -0.25) is 4.79 Å². The zero-order valence-electron chi connectivity index (χ0n) is 13.4. The highest BCUT2D eigenvalue weighted by Crippen LogP contribution is 2.07. The molecule has 0 amide bonds. The average Bonchev–Trinajstić information content (AvgIpc) is 2.39. The number of Topliss-reactive ketones (excluding diaryl/α,β-unsaturated/α-hetero) is 1. The number of hydrogen-bond donors (Lipinski definition) is 0. The summed E-state index contributed by atoms with van der Waals surface area (Å²) in [4.78, 5) is 11.3. The second-order valence-electron chi connectivity index (χ2n) is 5.13. The van der Waals surface area contributed by atoms with Gasteiger partial charge in [0.05, 0.1) is 39.6 Å². The Morgan fingerprint density at radius 1 is 0.850 bits per heavy atom. The number of ether oxygens (including phenoxy) is 3. The highest BCUT2D eigenvalue weighted by Gasteiger charge is 2.05. The van der Waals surface area contributed by atoms with E-state index in [4.69, 9.17) is 14.2 Å². The molecule has 0 aliphatic heterocycles. The lowest BCUT2D eigenvalue weighted by atomic mass is 10.1. The molecule has 0 heterocycles. The third-order valence-corrected chi connectivity index (χ3v) is 3.63. The van der Waals surface area contributed by atoms with Crippen molar-refractivity contribution in [2.75, 3.05) is 45.4 Å². The van der Waals surface area contributed by atoms with Gasteiger partial charge in [-0.1, -0.05) is 27.7 Å². The maximum Gasteiger partial charge on any atom is 0.137 e. The summed E-state index contributed by atoms with van der Waals surface area (Å²) in [5, 5.41) is 0.662. The van der Waals surface area contributed by atoms with E-state index in [9.17, 15) is 4.79 Å². The van der Waals surface area contributed by atoms with Crippen molar-refractivity contribution < 1.29 is 19.0 Å². The Morgan fingerprint density at radius 3 is 1.85 bits per heavy atom. The Morgan fingerprint density at radius 2 is 1.35 bits per heavy atom. The lowest BCUT2D eigenvalue weighted by Crippen LogP contribution is -2.13. The molecule has 0 atom stereocenters. The maximum atomic E-state index is 11.3. The quantitative estimate of drug-likeness (QED) is 0.462. The number of carbonyl (C=O) groups is 1. The molecule has 0 bridgehead atoms. The van der Waals surface area contributed by atoms with Gasteiger partial charge in [-0.25, -0.2) is 0 Å². The van der Waals surface area contributed by atoms with Gasteiger partial charge in [-0.2, -0.15) is 11.8 Å². The van der Waals surface area contributed by atoms with Gasteiger partial charge in [0, 0.05) is 18.1 Å². The minimum absolute atomic E-state index is 0.0980. The molecule has 0 rings (SSSR count). The lowest BCUT2D eigenvalue weighted by molar-refractivity contribution is -0.123. The SMILES string of the molecule is CC(C)SCCOCCOCCOCCC(=O)C(C)C. The fourth-order valence-corrected chi connectivity index (χ4v) is 2.03. The van der Waals surface area contributed by atoms with Crippen LogP contribution in [0.3, 0.4) is 0 Å². The largest absolute Gasteiger partial charge is 0.379 e. The van der Waals surface area contributed by atoms with Crippen molar-refractivity contribution >= 4 is 17.5 Å². The first-order valence-electron chi connectivity index (χ1n) is 7.41. The summed E-state index contributed by atoms with van der Waals surface area (Å²) in [7, 11) is 0. The monoisotopic (exact) mass is 306 g/mol. The Labute approximate surface area is 127 Å². The normalized spacial score (nSPS) is 11.5. The van der Waals surface area contributed by atoms with Crippen molar-refractivity contribution in [1.82, 2.24) is 0 Å². The standard InChI is InChI=1S/C15H30O4S/c1-13(2)15(16)5-6-17-7-8-18-9-10-19-11-12-20-14(3)4/h13-14H,5-12H2,1-4H3. The van der Waals surface area contributed by atoms with E-state index in [2.05, 4.69) is 13.8 Å². The first-order valence-corrected chi connectivity index (χ1v) is 8.46. The van der Waals surface area contributed by atoms with Crippen molar-refractivity contribution in [2.24, 2.45) is 5.92 Å². The molecular formula is C15H30O4S. The molecule has 0 saturated carbocycles. The van der Waals surface area contributed by atoms with E-state index in [0.717, 1.165) is 12.4 Å². The van der Waals surface area contributed by atoms with Gasteiger partial charge >= 0.3 is 0 Å². The molecule has 5 heteroatoms. The molecule has 120 valence electrons. The highest BCUT2D eigenvalue weighted by molar-refractivity contribution is 7.99. The van der Waals surface area contributed by atoms with Crippen LogP contribution in [0.25, 0.3) is 0 Å². The molecule has 20 heavy (non-hydrogen) atoms. The van der Waals surface area contributed by atoms with Gasteiger partial charge in [0.1, 0.15) is 5.78 Å². The fourth-order valence-electron chi connectivity index (χ4n) is 1.35. The van der Waals surface area contributed by atoms with Gasteiger partial charge < -0.3 is 14.2 Å². The summed E-state index contributed by atoms with van der Waals surface area (Å²) in [5.74, 6) is 1.38. The third-order valence-electron chi connectivity index (χ3n) is 2.56. The molecule has 0 unspecified atom stereocenters. The van der Waals surface area contributed by atoms with E-state index in [1.165, 1.54) is 0 Å². The van der Waals surface area contributed by atoms with Crippen molar-refractivity contribution in [2.45, 2.75) is 39.4 Å². The number of rotatable bonds is 14. The second kappa shape index (κ2) is 13.9.